The number of hydrogen-bond donors (Lipinski definition) is 0. The standard InChI is InChI=1S/C12H28P.BrH/c1-5-9-13(10-6-2,11-7-3)12-8-4;/h5-12H2,1-4H3;1H. The summed E-state index contributed by atoms with van der Waals surface area (Å²) in [4.78, 5) is 0. The first kappa shape index (κ1) is 17.3. The first-order valence-corrected chi connectivity index (χ1v) is 8.62. The lowest BCUT2D eigenvalue weighted by Gasteiger charge is -2.36. The SMILES string of the molecule is Br.CCC[P](CCC)(CCC)CCC. The Morgan fingerprint density at radius 1 is 0.571 bits per heavy atom. The minimum Gasteiger partial charge on any atom is -0.125 e. The van der Waals surface area contributed by atoms with Crippen LogP contribution in [0.25, 0.3) is 0 Å². The van der Waals surface area contributed by atoms with Crippen LogP contribution in [0.4, 0.5) is 0 Å². The molecule has 0 N–H and O–H groups in total. The molecule has 0 aliphatic carbocycles. The summed E-state index contributed by atoms with van der Waals surface area (Å²) < 4.78 is 0. The highest BCUT2D eigenvalue weighted by molar-refractivity contribution is 8.93. The molecule has 2 heteroatoms. The topological polar surface area (TPSA) is 0 Å². The van der Waals surface area contributed by atoms with Gasteiger partial charge in [-0.1, -0.05) is 53.4 Å². The Morgan fingerprint density at radius 3 is 0.929 bits per heavy atom. The number of halogens is 1. The maximum Gasteiger partial charge on any atom is -0.0362 e. The molecule has 0 saturated carbocycles. The second-order valence-corrected chi connectivity index (χ2v) is 8.71. The van der Waals surface area contributed by atoms with E-state index in [0.717, 1.165) is 0 Å². The molecule has 0 aliphatic heterocycles. The summed E-state index contributed by atoms with van der Waals surface area (Å²) >= 11 is 0. The molecule has 0 aromatic heterocycles. The Bertz CT molecular complexity index is 85.4. The van der Waals surface area contributed by atoms with Crippen molar-refractivity contribution in [3.8, 4) is 0 Å². The van der Waals surface area contributed by atoms with Gasteiger partial charge >= 0.3 is 0 Å². The minimum atomic E-state index is -0.496. The molecule has 0 aromatic rings. The molecular weight excluding hydrogens is 255 g/mol. The summed E-state index contributed by atoms with van der Waals surface area (Å²) in [5.41, 5.74) is 0. The summed E-state index contributed by atoms with van der Waals surface area (Å²) in [6, 6.07) is 0. The molecule has 0 fully saturated rings. The molecule has 0 saturated heterocycles. The third-order valence-electron chi connectivity index (χ3n) is 2.79. The summed E-state index contributed by atoms with van der Waals surface area (Å²) in [5.74, 6) is 0. The van der Waals surface area contributed by atoms with E-state index in [1.807, 2.05) is 0 Å². The summed E-state index contributed by atoms with van der Waals surface area (Å²) in [6.45, 7) is 9.43. The molecular formula is C12H29BrP. The molecule has 0 amide bonds. The molecule has 89 valence electrons. The largest absolute Gasteiger partial charge is 0.125 e. The Labute approximate surface area is 102 Å². The van der Waals surface area contributed by atoms with Crippen LogP contribution in [0.5, 0.6) is 0 Å². The molecule has 0 spiro atoms. The predicted octanol–water partition coefficient (Wildman–Crippen LogP) is 5.22. The fourth-order valence-electron chi connectivity index (χ4n) is 2.57. The minimum absolute atomic E-state index is 0. The van der Waals surface area contributed by atoms with E-state index in [9.17, 15) is 0 Å². The van der Waals surface area contributed by atoms with Crippen molar-refractivity contribution in [2.75, 3.05) is 24.6 Å². The lowest BCUT2D eigenvalue weighted by molar-refractivity contribution is 0.963. The summed E-state index contributed by atoms with van der Waals surface area (Å²) in [5, 5.41) is 0. The highest BCUT2D eigenvalue weighted by Gasteiger charge is 2.22. The Morgan fingerprint density at radius 2 is 0.786 bits per heavy atom. The molecule has 0 unspecified atom stereocenters. The van der Waals surface area contributed by atoms with Gasteiger partial charge in [0.05, 0.1) is 0 Å². The third-order valence-corrected chi connectivity index (χ3v) is 8.38. The van der Waals surface area contributed by atoms with Gasteiger partial charge in [-0.2, -0.15) is 0 Å². The first-order valence-electron chi connectivity index (χ1n) is 6.09. The number of rotatable bonds is 8. The van der Waals surface area contributed by atoms with Crippen molar-refractivity contribution in [1.82, 2.24) is 0 Å². The second-order valence-electron chi connectivity index (χ2n) is 4.24. The van der Waals surface area contributed by atoms with Crippen molar-refractivity contribution < 1.29 is 0 Å². The average Bonchev–Trinajstić information content (AvgIpc) is 2.06. The Balaban J connectivity index is 0. The maximum absolute atomic E-state index is 2.36. The van der Waals surface area contributed by atoms with Crippen molar-refractivity contribution in [1.29, 1.82) is 0 Å². The predicted molar refractivity (Wildman–Crippen MR) is 77.9 cm³/mol. The normalized spacial score (nSPS) is 11.1. The molecule has 0 bridgehead atoms. The Hall–Kier alpha value is 0.910. The van der Waals surface area contributed by atoms with E-state index < -0.39 is 7.26 Å². The van der Waals surface area contributed by atoms with Crippen molar-refractivity contribution in [3.05, 3.63) is 0 Å². The van der Waals surface area contributed by atoms with Crippen molar-refractivity contribution in [2.24, 2.45) is 0 Å². The van der Waals surface area contributed by atoms with E-state index in [1.54, 1.807) is 24.6 Å². The van der Waals surface area contributed by atoms with Gasteiger partial charge in [0, 0.05) is 0 Å². The van der Waals surface area contributed by atoms with Gasteiger partial charge in [0.25, 0.3) is 0 Å². The van der Waals surface area contributed by atoms with Crippen molar-refractivity contribution in [2.45, 2.75) is 53.4 Å². The third kappa shape index (κ3) is 6.40. The van der Waals surface area contributed by atoms with Crippen LogP contribution < -0.4 is 0 Å². The lowest BCUT2D eigenvalue weighted by Crippen LogP contribution is -2.10. The maximum atomic E-state index is 2.36. The van der Waals surface area contributed by atoms with Crippen LogP contribution in [-0.2, 0) is 0 Å². The molecule has 0 atom stereocenters. The van der Waals surface area contributed by atoms with Gasteiger partial charge < -0.3 is 0 Å². The molecule has 1 radical (unpaired) electrons. The van der Waals surface area contributed by atoms with Gasteiger partial charge in [-0.15, -0.1) is 24.2 Å². The van der Waals surface area contributed by atoms with Crippen molar-refractivity contribution >= 4 is 24.2 Å². The van der Waals surface area contributed by atoms with E-state index in [4.69, 9.17) is 0 Å². The van der Waals surface area contributed by atoms with Crippen LogP contribution in [0.15, 0.2) is 0 Å². The monoisotopic (exact) mass is 283 g/mol. The van der Waals surface area contributed by atoms with Crippen LogP contribution in [0, 0.1) is 0 Å². The zero-order chi connectivity index (χ0) is 10.2. The molecule has 0 rings (SSSR count). The summed E-state index contributed by atoms with van der Waals surface area (Å²) in [7, 11) is -0.496. The highest BCUT2D eigenvalue weighted by atomic mass is 79.9. The molecule has 0 aliphatic rings. The van der Waals surface area contributed by atoms with E-state index in [0.29, 0.717) is 0 Å². The van der Waals surface area contributed by atoms with Gasteiger partial charge in [-0.25, -0.2) is 0 Å². The molecule has 14 heavy (non-hydrogen) atoms. The van der Waals surface area contributed by atoms with Crippen LogP contribution in [0.1, 0.15) is 53.4 Å². The van der Waals surface area contributed by atoms with Gasteiger partial charge in [0.15, 0.2) is 0 Å². The smallest absolute Gasteiger partial charge is 0.0362 e. The lowest BCUT2D eigenvalue weighted by atomic mass is 10.5. The van der Waals surface area contributed by atoms with E-state index in [-0.39, 0.29) is 17.0 Å². The van der Waals surface area contributed by atoms with Gasteiger partial charge in [-0.3, -0.25) is 0 Å². The van der Waals surface area contributed by atoms with E-state index in [2.05, 4.69) is 27.7 Å². The average molecular weight is 284 g/mol. The van der Waals surface area contributed by atoms with Crippen molar-refractivity contribution in [3.63, 3.8) is 0 Å². The highest BCUT2D eigenvalue weighted by Crippen LogP contribution is 2.60. The second kappa shape index (κ2) is 10.4. The van der Waals surface area contributed by atoms with Gasteiger partial charge in [-0.05, 0) is 24.6 Å². The first-order chi connectivity index (χ1) is 6.24. The molecule has 0 heterocycles. The van der Waals surface area contributed by atoms with Crippen LogP contribution in [0.2, 0.25) is 0 Å². The van der Waals surface area contributed by atoms with Gasteiger partial charge in [0.1, 0.15) is 0 Å². The fraction of sp³-hybridized carbons (Fsp3) is 1.00. The summed E-state index contributed by atoms with van der Waals surface area (Å²) in [6.07, 6.45) is 11.9. The zero-order valence-corrected chi connectivity index (χ0v) is 13.1. The van der Waals surface area contributed by atoms with Crippen LogP contribution in [0.3, 0.4) is 0 Å². The van der Waals surface area contributed by atoms with Gasteiger partial charge in [0.2, 0.25) is 0 Å². The number of hydrogen-bond acceptors (Lipinski definition) is 0. The Kier molecular flexibility index (Phi) is 12.9. The van der Waals surface area contributed by atoms with Crippen LogP contribution >= 0.6 is 24.2 Å². The zero-order valence-electron chi connectivity index (χ0n) is 10.5. The molecule has 0 nitrogen and oxygen atoms in total. The van der Waals surface area contributed by atoms with E-state index >= 15 is 0 Å². The van der Waals surface area contributed by atoms with Crippen LogP contribution in [-0.4, -0.2) is 24.6 Å². The molecule has 0 aromatic carbocycles. The van der Waals surface area contributed by atoms with E-state index in [1.165, 1.54) is 25.7 Å². The quantitative estimate of drug-likeness (QED) is 0.536. The fourth-order valence-corrected chi connectivity index (χ4v) is 7.70.